The maximum Gasteiger partial charge on any atom is 4.00 e. The van der Waals surface area contributed by atoms with E-state index in [1.54, 1.807) is 0 Å². The Kier molecular flexibility index (Phi) is 12.0. The molecule has 1 heteroatoms. The summed E-state index contributed by atoms with van der Waals surface area (Å²) in [5.41, 5.74) is 0. The van der Waals surface area contributed by atoms with Crippen LogP contribution < -0.4 is 0 Å². The van der Waals surface area contributed by atoms with Gasteiger partial charge in [-0.05, 0) is 0 Å². The van der Waals surface area contributed by atoms with Crippen LogP contribution in [0.2, 0.25) is 0 Å². The summed E-state index contributed by atoms with van der Waals surface area (Å²) < 4.78 is 0. The van der Waals surface area contributed by atoms with Crippen molar-refractivity contribution < 1.29 is 41.7 Å². The third-order valence-corrected chi connectivity index (χ3v) is 1.67. The molecule has 0 saturated heterocycles. The molecule has 0 radical (unpaired) electrons. The average Bonchev–Trinajstić information content (AvgIpc) is 3.09. The first-order valence-corrected chi connectivity index (χ1v) is 5.00. The van der Waals surface area contributed by atoms with Crippen molar-refractivity contribution in [1.82, 2.24) is 0 Å². The molecular formula is C15H15Ce+. The van der Waals surface area contributed by atoms with E-state index in [1.165, 1.54) is 0 Å². The summed E-state index contributed by atoms with van der Waals surface area (Å²) in [4.78, 5) is 0. The van der Waals surface area contributed by atoms with Gasteiger partial charge in [0.25, 0.3) is 0 Å². The summed E-state index contributed by atoms with van der Waals surface area (Å²) in [6, 6.07) is 30.0. The fourth-order valence-electron chi connectivity index (χ4n) is 0.962. The van der Waals surface area contributed by atoms with Crippen molar-refractivity contribution in [1.29, 1.82) is 0 Å². The minimum Gasteiger partial charge on any atom is -0.214 e. The molecule has 0 atom stereocenters. The van der Waals surface area contributed by atoms with E-state index in [9.17, 15) is 0 Å². The predicted octanol–water partition coefficient (Wildman–Crippen LogP) is 4.22. The maximum absolute atomic E-state index is 2.00. The zero-order chi connectivity index (χ0) is 10.6. The molecule has 0 heterocycles. The molecule has 0 aromatic heterocycles. The van der Waals surface area contributed by atoms with E-state index in [4.69, 9.17) is 0 Å². The number of hydrogen-bond donors (Lipinski definition) is 0. The minimum atomic E-state index is 0. The molecule has 16 heavy (non-hydrogen) atoms. The van der Waals surface area contributed by atoms with Crippen LogP contribution in [0.15, 0.2) is 91.0 Å². The molecule has 0 fully saturated rings. The first-order valence-electron chi connectivity index (χ1n) is 5.00. The Morgan fingerprint density at radius 2 is 0.562 bits per heavy atom. The normalized spacial score (nSPS) is 7.50. The summed E-state index contributed by atoms with van der Waals surface area (Å²) in [6.07, 6.45) is 0. The molecule has 0 N–H and O–H groups in total. The molecule has 3 aromatic carbocycles. The molecule has 0 nitrogen and oxygen atoms in total. The van der Waals surface area contributed by atoms with Gasteiger partial charge in [-0.1, -0.05) is 0 Å². The van der Waals surface area contributed by atoms with Gasteiger partial charge in [-0.3, -0.25) is 0 Å². The smallest absolute Gasteiger partial charge is 0.214 e. The van der Waals surface area contributed by atoms with Crippen molar-refractivity contribution in [2.45, 2.75) is 0 Å². The van der Waals surface area contributed by atoms with Crippen molar-refractivity contribution in [2.75, 3.05) is 0 Å². The second-order valence-corrected chi connectivity index (χ2v) is 2.89. The molecule has 0 amide bonds. The quantitative estimate of drug-likeness (QED) is 0.540. The van der Waals surface area contributed by atoms with Crippen molar-refractivity contribution in [3.05, 3.63) is 91.0 Å². The largest absolute Gasteiger partial charge is 4.00 e. The monoisotopic (exact) mass is 335 g/mol. The molecular weight excluding hydrogens is 320 g/mol. The van der Waals surface area contributed by atoms with E-state index in [-0.39, 0.29) is 41.7 Å². The molecule has 0 aliphatic heterocycles. The zero-order valence-electron chi connectivity index (χ0n) is 9.16. The molecule has 0 aliphatic carbocycles. The van der Waals surface area contributed by atoms with Gasteiger partial charge in [0.05, 0.1) is 0 Å². The van der Waals surface area contributed by atoms with E-state index >= 15 is 0 Å². The van der Waals surface area contributed by atoms with E-state index < -0.39 is 0 Å². The second-order valence-electron chi connectivity index (χ2n) is 2.89. The SMILES string of the molecule is [Ce+4].c1cc[cH-]c1.c1cc[cH-]c1.c1cc[cH-]c1. The summed E-state index contributed by atoms with van der Waals surface area (Å²) in [5, 5.41) is 0. The molecule has 0 bridgehead atoms. The Hall–Kier alpha value is -0.573. The van der Waals surface area contributed by atoms with Crippen LogP contribution in [0.4, 0.5) is 0 Å². The second kappa shape index (κ2) is 12.5. The molecule has 0 saturated carbocycles. The first-order chi connectivity index (χ1) is 7.50. The van der Waals surface area contributed by atoms with Crippen LogP contribution in [0.1, 0.15) is 0 Å². The summed E-state index contributed by atoms with van der Waals surface area (Å²) in [5.74, 6) is 0. The molecule has 3 aromatic rings. The molecule has 3 rings (SSSR count). The maximum atomic E-state index is 2.00. The fourth-order valence-corrected chi connectivity index (χ4v) is 0.962. The Bertz CT molecular complexity index is 237. The van der Waals surface area contributed by atoms with Gasteiger partial charge in [0, 0.05) is 0 Å². The third-order valence-electron chi connectivity index (χ3n) is 1.67. The predicted molar refractivity (Wildman–Crippen MR) is 66.1 cm³/mol. The molecule has 0 aliphatic rings. The van der Waals surface area contributed by atoms with Gasteiger partial charge >= 0.3 is 41.7 Å². The van der Waals surface area contributed by atoms with Crippen LogP contribution in [0.5, 0.6) is 0 Å². The van der Waals surface area contributed by atoms with E-state index in [0.717, 1.165) is 0 Å². The number of hydrogen-bond acceptors (Lipinski definition) is 0. The van der Waals surface area contributed by atoms with Crippen LogP contribution in [0.25, 0.3) is 0 Å². The van der Waals surface area contributed by atoms with Crippen LogP contribution >= 0.6 is 0 Å². The van der Waals surface area contributed by atoms with Gasteiger partial charge < -0.3 is 0 Å². The fraction of sp³-hybridized carbons (Fsp3) is 0. The third kappa shape index (κ3) is 9.96. The van der Waals surface area contributed by atoms with Crippen LogP contribution in [-0.4, -0.2) is 0 Å². The van der Waals surface area contributed by atoms with Gasteiger partial charge in [0.15, 0.2) is 0 Å². The van der Waals surface area contributed by atoms with E-state index in [1.807, 2.05) is 91.0 Å². The van der Waals surface area contributed by atoms with E-state index in [0.29, 0.717) is 0 Å². The van der Waals surface area contributed by atoms with Crippen molar-refractivity contribution in [2.24, 2.45) is 0 Å². The first kappa shape index (κ1) is 15.4. The molecule has 0 unspecified atom stereocenters. The molecule has 0 spiro atoms. The Morgan fingerprint density at radius 1 is 0.375 bits per heavy atom. The van der Waals surface area contributed by atoms with Crippen molar-refractivity contribution in [3.8, 4) is 0 Å². The van der Waals surface area contributed by atoms with Gasteiger partial charge in [-0.15, -0.1) is 0 Å². The molecule has 78 valence electrons. The van der Waals surface area contributed by atoms with Gasteiger partial charge in [-0.25, -0.2) is 36.4 Å². The standard InChI is InChI=1S/3C5H5.Ce/c3*1-2-4-5-3-1;/h3*1-5H;/q3*-1;+4. The van der Waals surface area contributed by atoms with Gasteiger partial charge in [0.1, 0.15) is 0 Å². The van der Waals surface area contributed by atoms with E-state index in [2.05, 4.69) is 0 Å². The van der Waals surface area contributed by atoms with Crippen molar-refractivity contribution >= 4 is 0 Å². The average molecular weight is 335 g/mol. The van der Waals surface area contributed by atoms with Crippen molar-refractivity contribution in [3.63, 3.8) is 0 Å². The summed E-state index contributed by atoms with van der Waals surface area (Å²) >= 11 is 0. The Morgan fingerprint density at radius 3 is 0.625 bits per heavy atom. The van der Waals surface area contributed by atoms with Crippen LogP contribution in [0.3, 0.4) is 0 Å². The Balaban J connectivity index is 0.000000205. The number of rotatable bonds is 0. The van der Waals surface area contributed by atoms with Gasteiger partial charge in [-0.2, -0.15) is 54.6 Å². The van der Waals surface area contributed by atoms with Gasteiger partial charge in [0.2, 0.25) is 0 Å². The minimum absolute atomic E-state index is 0. The van der Waals surface area contributed by atoms with Crippen LogP contribution in [-0.2, 0) is 0 Å². The summed E-state index contributed by atoms with van der Waals surface area (Å²) in [6.45, 7) is 0. The topological polar surface area (TPSA) is 0 Å². The Labute approximate surface area is 131 Å². The zero-order valence-corrected chi connectivity index (χ0v) is 12.3. The summed E-state index contributed by atoms with van der Waals surface area (Å²) in [7, 11) is 0. The van der Waals surface area contributed by atoms with Crippen LogP contribution in [0, 0.1) is 41.7 Å².